The van der Waals surface area contributed by atoms with E-state index in [1.54, 1.807) is 24.3 Å². The molecule has 0 saturated carbocycles. The van der Waals surface area contributed by atoms with Crippen molar-refractivity contribution in [1.82, 2.24) is 9.97 Å². The third kappa shape index (κ3) is 4.22. The molecular formula is C21H14ClF3N4O2. The van der Waals surface area contributed by atoms with E-state index >= 15 is 0 Å². The quantitative estimate of drug-likeness (QED) is 0.619. The fraction of sp³-hybridized carbons (Fsp3) is 0.143. The summed E-state index contributed by atoms with van der Waals surface area (Å²) in [6.07, 6.45) is -4.17. The van der Waals surface area contributed by atoms with Crippen molar-refractivity contribution in [3.63, 3.8) is 0 Å². The number of hydrogen-bond donors (Lipinski definition) is 1. The number of benzene rings is 2. The Hall–Kier alpha value is -3.46. The summed E-state index contributed by atoms with van der Waals surface area (Å²) in [7, 11) is 0. The van der Waals surface area contributed by atoms with Gasteiger partial charge in [0.05, 0.1) is 12.3 Å². The molecule has 6 nitrogen and oxygen atoms in total. The summed E-state index contributed by atoms with van der Waals surface area (Å²) < 4.78 is 39.5. The topological polar surface area (TPSA) is 78.7 Å². The Balaban J connectivity index is 1.84. The standard InChI is InChI=1S/C21H14ClF3N4O2/c22-14-8-6-13(7-9-14)17-16(12-4-2-1-3-5-12)11-29(28-17)18-15(19(30)31)10-26-20(27-18)21(23,24)25/h1-10,16H,11H2,(H,30,31)/t16-/m0/s1. The SMILES string of the molecule is O=C(O)c1cnc(C(F)(F)F)nc1N1C[C@@H](c2ccccc2)C(c2ccc(Cl)cc2)=N1. The van der Waals surface area contributed by atoms with Gasteiger partial charge in [-0.05, 0) is 23.3 Å². The summed E-state index contributed by atoms with van der Waals surface area (Å²) in [6, 6.07) is 16.1. The minimum absolute atomic E-state index is 0.108. The van der Waals surface area contributed by atoms with Crippen molar-refractivity contribution >= 4 is 29.1 Å². The number of carboxylic acid groups (broad SMARTS) is 1. The molecule has 0 bridgehead atoms. The highest BCUT2D eigenvalue weighted by Gasteiger charge is 2.38. The van der Waals surface area contributed by atoms with E-state index in [9.17, 15) is 23.1 Å². The first-order chi connectivity index (χ1) is 14.7. The molecule has 2 aromatic carbocycles. The average Bonchev–Trinajstić information content (AvgIpc) is 3.19. The molecular weight excluding hydrogens is 433 g/mol. The second-order valence-corrected chi connectivity index (χ2v) is 7.21. The molecule has 3 aromatic rings. The molecule has 0 aliphatic carbocycles. The number of aromatic carboxylic acids is 1. The van der Waals surface area contributed by atoms with Crippen LogP contribution in [0.5, 0.6) is 0 Å². The second-order valence-electron chi connectivity index (χ2n) is 6.77. The third-order valence-corrected chi connectivity index (χ3v) is 5.01. The van der Waals surface area contributed by atoms with Gasteiger partial charge in [-0.25, -0.2) is 19.8 Å². The van der Waals surface area contributed by atoms with E-state index in [1.807, 2.05) is 30.3 Å². The number of hydrogen-bond acceptors (Lipinski definition) is 5. The van der Waals surface area contributed by atoms with Crippen LogP contribution in [-0.4, -0.2) is 33.3 Å². The number of anilines is 1. The Bertz CT molecular complexity index is 1150. The predicted octanol–water partition coefficient (Wildman–Crippen LogP) is 4.86. The number of halogens is 4. The average molecular weight is 447 g/mol. The van der Waals surface area contributed by atoms with Crippen molar-refractivity contribution in [2.24, 2.45) is 5.10 Å². The van der Waals surface area contributed by atoms with Gasteiger partial charge in [-0.1, -0.05) is 54.1 Å². The lowest BCUT2D eigenvalue weighted by atomic mass is 9.91. The molecule has 31 heavy (non-hydrogen) atoms. The zero-order valence-corrected chi connectivity index (χ0v) is 16.5. The normalized spacial score (nSPS) is 16.3. The summed E-state index contributed by atoms with van der Waals surface area (Å²) >= 11 is 5.97. The number of alkyl halides is 3. The van der Waals surface area contributed by atoms with Crippen LogP contribution < -0.4 is 5.01 Å². The smallest absolute Gasteiger partial charge is 0.451 e. The van der Waals surface area contributed by atoms with Crippen LogP contribution in [0.4, 0.5) is 19.0 Å². The van der Waals surface area contributed by atoms with Crippen molar-refractivity contribution in [3.05, 3.63) is 88.3 Å². The van der Waals surface area contributed by atoms with Crippen LogP contribution in [0, 0.1) is 0 Å². The fourth-order valence-corrected chi connectivity index (χ4v) is 3.45. The summed E-state index contributed by atoms with van der Waals surface area (Å²) in [5.74, 6) is -3.62. The first-order valence-corrected chi connectivity index (χ1v) is 9.46. The summed E-state index contributed by atoms with van der Waals surface area (Å²) in [5.41, 5.74) is 1.68. The van der Waals surface area contributed by atoms with Crippen molar-refractivity contribution in [1.29, 1.82) is 0 Å². The molecule has 1 atom stereocenters. The summed E-state index contributed by atoms with van der Waals surface area (Å²) in [6.45, 7) is 0.108. The van der Waals surface area contributed by atoms with Crippen LogP contribution in [0.3, 0.4) is 0 Å². The maximum Gasteiger partial charge on any atom is 0.451 e. The molecule has 0 spiro atoms. The van der Waals surface area contributed by atoms with Gasteiger partial charge in [0.2, 0.25) is 5.82 Å². The van der Waals surface area contributed by atoms with Gasteiger partial charge >= 0.3 is 12.1 Å². The maximum atomic E-state index is 13.2. The molecule has 10 heteroatoms. The monoisotopic (exact) mass is 446 g/mol. The van der Waals surface area contributed by atoms with E-state index in [0.29, 0.717) is 22.5 Å². The highest BCUT2D eigenvalue weighted by Crippen LogP contribution is 2.34. The van der Waals surface area contributed by atoms with E-state index < -0.39 is 29.4 Å². The molecule has 1 aromatic heterocycles. The molecule has 2 heterocycles. The lowest BCUT2D eigenvalue weighted by Gasteiger charge is -2.18. The molecule has 0 amide bonds. The molecule has 158 valence electrons. The fourth-order valence-electron chi connectivity index (χ4n) is 3.32. The van der Waals surface area contributed by atoms with Crippen LogP contribution in [0.1, 0.15) is 33.2 Å². The molecule has 1 aliphatic rings. The van der Waals surface area contributed by atoms with Crippen molar-refractivity contribution < 1.29 is 23.1 Å². The molecule has 0 saturated heterocycles. The first-order valence-electron chi connectivity index (χ1n) is 9.08. The Morgan fingerprint density at radius 3 is 2.39 bits per heavy atom. The zero-order chi connectivity index (χ0) is 22.2. The predicted molar refractivity (Wildman–Crippen MR) is 109 cm³/mol. The number of aromatic nitrogens is 2. The van der Waals surface area contributed by atoms with Gasteiger partial charge in [0.1, 0.15) is 5.56 Å². The molecule has 0 fully saturated rings. The Morgan fingerprint density at radius 2 is 1.77 bits per heavy atom. The van der Waals surface area contributed by atoms with Gasteiger partial charge in [0.25, 0.3) is 0 Å². The molecule has 1 N–H and O–H groups in total. The van der Waals surface area contributed by atoms with Crippen LogP contribution >= 0.6 is 11.6 Å². The second kappa shape index (κ2) is 7.99. The number of hydrazone groups is 1. The van der Waals surface area contributed by atoms with E-state index in [1.165, 1.54) is 5.01 Å². The molecule has 0 radical (unpaired) electrons. The Kier molecular flexibility index (Phi) is 5.36. The van der Waals surface area contributed by atoms with Gasteiger partial charge < -0.3 is 5.11 Å². The largest absolute Gasteiger partial charge is 0.477 e. The minimum atomic E-state index is -4.83. The van der Waals surface area contributed by atoms with Gasteiger partial charge in [-0.3, -0.25) is 0 Å². The van der Waals surface area contributed by atoms with Gasteiger partial charge in [-0.15, -0.1) is 0 Å². The van der Waals surface area contributed by atoms with E-state index in [4.69, 9.17) is 11.6 Å². The van der Waals surface area contributed by atoms with Gasteiger partial charge in [0, 0.05) is 17.1 Å². The van der Waals surface area contributed by atoms with E-state index in [-0.39, 0.29) is 12.5 Å². The van der Waals surface area contributed by atoms with Gasteiger partial charge in [-0.2, -0.15) is 18.3 Å². The van der Waals surface area contributed by atoms with E-state index in [2.05, 4.69) is 15.1 Å². The lowest BCUT2D eigenvalue weighted by molar-refractivity contribution is -0.144. The van der Waals surface area contributed by atoms with Crippen molar-refractivity contribution in [3.8, 4) is 0 Å². The van der Waals surface area contributed by atoms with E-state index in [0.717, 1.165) is 5.56 Å². The van der Waals surface area contributed by atoms with Crippen LogP contribution in [0.2, 0.25) is 5.02 Å². The number of carbonyl (C=O) groups is 1. The number of nitrogens with zero attached hydrogens (tertiary/aromatic N) is 4. The number of rotatable bonds is 4. The summed E-state index contributed by atoms with van der Waals surface area (Å²) in [5, 5.41) is 15.6. The van der Waals surface area contributed by atoms with Crippen LogP contribution in [0.15, 0.2) is 65.9 Å². The zero-order valence-electron chi connectivity index (χ0n) is 15.7. The van der Waals surface area contributed by atoms with Crippen LogP contribution in [-0.2, 0) is 6.18 Å². The van der Waals surface area contributed by atoms with Crippen molar-refractivity contribution in [2.75, 3.05) is 11.6 Å². The highest BCUT2D eigenvalue weighted by atomic mass is 35.5. The minimum Gasteiger partial charge on any atom is -0.477 e. The Morgan fingerprint density at radius 1 is 1.10 bits per heavy atom. The molecule has 0 unspecified atom stereocenters. The highest BCUT2D eigenvalue weighted by molar-refractivity contribution is 6.30. The van der Waals surface area contributed by atoms with Crippen molar-refractivity contribution in [2.45, 2.75) is 12.1 Å². The molecule has 1 aliphatic heterocycles. The first kappa shape index (κ1) is 20.8. The maximum absolute atomic E-state index is 13.2. The Labute approximate surface area is 179 Å². The number of carboxylic acids is 1. The third-order valence-electron chi connectivity index (χ3n) is 4.75. The molecule has 4 rings (SSSR count). The lowest BCUT2D eigenvalue weighted by Crippen LogP contribution is -2.23. The van der Waals surface area contributed by atoms with Gasteiger partial charge in [0.15, 0.2) is 5.82 Å². The summed E-state index contributed by atoms with van der Waals surface area (Å²) in [4.78, 5) is 18.3. The van der Waals surface area contributed by atoms with Crippen LogP contribution in [0.25, 0.3) is 0 Å².